The van der Waals surface area contributed by atoms with E-state index < -0.39 is 15.9 Å². The Bertz CT molecular complexity index is 1170. The van der Waals surface area contributed by atoms with E-state index in [0.717, 1.165) is 6.07 Å². The molecule has 1 fully saturated rings. The van der Waals surface area contributed by atoms with Crippen molar-refractivity contribution in [3.05, 3.63) is 44.9 Å². The van der Waals surface area contributed by atoms with E-state index >= 15 is 0 Å². The van der Waals surface area contributed by atoms with Crippen LogP contribution in [0.4, 0.5) is 5.69 Å². The molecule has 1 amide bonds. The Morgan fingerprint density at radius 3 is 2.15 bits per heavy atom. The van der Waals surface area contributed by atoms with Gasteiger partial charge in [0, 0.05) is 19.2 Å². The number of hydrogen-bond acceptors (Lipinski definition) is 6. The first-order valence-corrected chi connectivity index (χ1v) is 12.5. The Morgan fingerprint density at radius 2 is 1.58 bits per heavy atom. The summed E-state index contributed by atoms with van der Waals surface area (Å²) in [4.78, 5) is 14.4. The predicted molar refractivity (Wildman–Crippen MR) is 128 cm³/mol. The van der Waals surface area contributed by atoms with Gasteiger partial charge in [0.15, 0.2) is 0 Å². The molecule has 0 aliphatic carbocycles. The molecule has 0 unspecified atom stereocenters. The van der Waals surface area contributed by atoms with Crippen LogP contribution < -0.4 is 14.2 Å². The number of carbonyl (C=O) groups is 1. The van der Waals surface area contributed by atoms with Gasteiger partial charge in [-0.05, 0) is 32.0 Å². The van der Waals surface area contributed by atoms with Crippen molar-refractivity contribution in [2.45, 2.75) is 31.0 Å². The van der Waals surface area contributed by atoms with Gasteiger partial charge in [0.1, 0.15) is 16.4 Å². The van der Waals surface area contributed by atoms with Gasteiger partial charge < -0.3 is 19.1 Å². The van der Waals surface area contributed by atoms with Gasteiger partial charge in [-0.3, -0.25) is 9.52 Å². The second kappa shape index (κ2) is 10.1. The summed E-state index contributed by atoms with van der Waals surface area (Å²) in [6.45, 7) is 4.41. The lowest BCUT2D eigenvalue weighted by Crippen LogP contribution is -2.48. The molecule has 33 heavy (non-hydrogen) atoms. The van der Waals surface area contributed by atoms with Crippen LogP contribution in [-0.2, 0) is 14.8 Å². The second-order valence-corrected chi connectivity index (χ2v) is 10.4. The Labute approximate surface area is 207 Å². The zero-order chi connectivity index (χ0) is 24.5. The molecule has 2 atom stereocenters. The summed E-state index contributed by atoms with van der Waals surface area (Å²) in [6, 6.07) is 5.19. The lowest BCUT2D eigenvalue weighted by atomic mass is 10.1. The molecule has 1 heterocycles. The number of methoxy groups -OCH3 is 2. The number of nitrogens with zero attached hydrogens (tertiary/aromatic N) is 1. The second-order valence-electron chi connectivity index (χ2n) is 7.52. The van der Waals surface area contributed by atoms with Crippen molar-refractivity contribution >= 4 is 56.4 Å². The summed E-state index contributed by atoms with van der Waals surface area (Å²) in [5.41, 5.74) is 0.0838. The van der Waals surface area contributed by atoms with Crippen molar-refractivity contribution < 1.29 is 27.4 Å². The van der Waals surface area contributed by atoms with E-state index in [0.29, 0.717) is 18.8 Å². The van der Waals surface area contributed by atoms with E-state index in [-0.39, 0.29) is 49.2 Å². The maximum Gasteiger partial charge on any atom is 0.263 e. The van der Waals surface area contributed by atoms with Crippen molar-refractivity contribution in [2.75, 3.05) is 32.0 Å². The monoisotopic (exact) mass is 536 g/mol. The maximum absolute atomic E-state index is 13.2. The highest BCUT2D eigenvalue weighted by atomic mass is 35.5. The minimum Gasteiger partial charge on any atom is -0.495 e. The van der Waals surface area contributed by atoms with E-state index in [1.165, 1.54) is 32.4 Å². The van der Waals surface area contributed by atoms with Gasteiger partial charge in [0.25, 0.3) is 15.9 Å². The highest BCUT2D eigenvalue weighted by molar-refractivity contribution is 7.92. The lowest BCUT2D eigenvalue weighted by molar-refractivity contribution is -0.0586. The molecule has 2 aromatic rings. The van der Waals surface area contributed by atoms with Gasteiger partial charge in [0.05, 0.1) is 52.7 Å². The van der Waals surface area contributed by atoms with Crippen LogP contribution in [0.3, 0.4) is 0 Å². The van der Waals surface area contributed by atoms with Gasteiger partial charge >= 0.3 is 0 Å². The van der Waals surface area contributed by atoms with E-state index in [1.54, 1.807) is 4.90 Å². The first-order valence-electron chi connectivity index (χ1n) is 9.85. The van der Waals surface area contributed by atoms with Crippen LogP contribution in [-0.4, -0.2) is 58.7 Å². The normalized spacial score (nSPS) is 18.7. The Morgan fingerprint density at radius 1 is 0.970 bits per heavy atom. The van der Waals surface area contributed by atoms with E-state index in [4.69, 9.17) is 49.0 Å². The van der Waals surface area contributed by atoms with Crippen LogP contribution in [0.25, 0.3) is 0 Å². The Balaban J connectivity index is 1.99. The standard InChI is InChI=1S/C21H23Cl3N2O6S/c1-11-9-26(10-12(2)32-11)21(27)13-5-20(16(24)6-14(13)22)33(28,29)25-17-7-15(23)18(30-3)8-19(17)31-4/h5-8,11-12,25H,9-10H2,1-4H3/t11-,12+. The molecule has 2 aromatic carbocycles. The number of carbonyl (C=O) groups excluding carboxylic acids is 1. The number of rotatable bonds is 6. The highest BCUT2D eigenvalue weighted by Gasteiger charge is 2.30. The van der Waals surface area contributed by atoms with Crippen LogP contribution in [0.5, 0.6) is 11.5 Å². The molecular weight excluding hydrogens is 515 g/mol. The first-order chi connectivity index (χ1) is 15.5. The largest absolute Gasteiger partial charge is 0.495 e. The molecule has 1 saturated heterocycles. The number of nitrogens with one attached hydrogen (secondary N) is 1. The Kier molecular flexibility index (Phi) is 7.91. The number of morpholine rings is 1. The molecule has 0 saturated carbocycles. The predicted octanol–water partition coefficient (Wildman–Crippen LogP) is 4.71. The smallest absolute Gasteiger partial charge is 0.263 e. The number of halogens is 3. The van der Waals surface area contributed by atoms with Crippen LogP contribution >= 0.6 is 34.8 Å². The molecule has 1 N–H and O–H groups in total. The average Bonchev–Trinajstić information content (AvgIpc) is 2.72. The fourth-order valence-electron chi connectivity index (χ4n) is 3.55. The number of benzene rings is 2. The SMILES string of the molecule is COc1cc(OC)c(NS(=O)(=O)c2cc(C(=O)N3C[C@@H](C)O[C@@H](C)C3)c(Cl)cc2Cl)cc1Cl. The average molecular weight is 538 g/mol. The zero-order valence-electron chi connectivity index (χ0n) is 18.3. The summed E-state index contributed by atoms with van der Waals surface area (Å²) in [6.07, 6.45) is -0.332. The van der Waals surface area contributed by atoms with E-state index in [2.05, 4.69) is 4.72 Å². The van der Waals surface area contributed by atoms with Gasteiger partial charge in [-0.2, -0.15) is 0 Å². The summed E-state index contributed by atoms with van der Waals surface area (Å²) in [5.74, 6) is 0.0699. The van der Waals surface area contributed by atoms with Gasteiger partial charge in [-0.1, -0.05) is 34.8 Å². The Hall–Kier alpha value is -1.91. The van der Waals surface area contributed by atoms with E-state index in [9.17, 15) is 13.2 Å². The summed E-state index contributed by atoms with van der Waals surface area (Å²) < 4.78 is 44.8. The summed E-state index contributed by atoms with van der Waals surface area (Å²) >= 11 is 18.6. The summed E-state index contributed by atoms with van der Waals surface area (Å²) in [7, 11) is -1.46. The molecule has 0 radical (unpaired) electrons. The third-order valence-electron chi connectivity index (χ3n) is 4.97. The highest BCUT2D eigenvalue weighted by Crippen LogP contribution is 2.38. The van der Waals surface area contributed by atoms with Crippen LogP contribution in [0.15, 0.2) is 29.2 Å². The molecule has 1 aliphatic heterocycles. The molecule has 0 aromatic heterocycles. The molecular formula is C21H23Cl3N2O6S. The van der Waals surface area contributed by atoms with Crippen molar-refractivity contribution in [1.82, 2.24) is 4.90 Å². The van der Waals surface area contributed by atoms with Crippen molar-refractivity contribution in [2.24, 2.45) is 0 Å². The molecule has 180 valence electrons. The number of amides is 1. The molecule has 0 bridgehead atoms. The third kappa shape index (κ3) is 5.60. The molecule has 8 nitrogen and oxygen atoms in total. The fourth-order valence-corrected chi connectivity index (χ4v) is 5.71. The van der Waals surface area contributed by atoms with Gasteiger partial charge in [0.2, 0.25) is 0 Å². The number of anilines is 1. The van der Waals surface area contributed by atoms with Gasteiger partial charge in [-0.15, -0.1) is 0 Å². The van der Waals surface area contributed by atoms with Gasteiger partial charge in [-0.25, -0.2) is 8.42 Å². The number of sulfonamides is 1. The van der Waals surface area contributed by atoms with Crippen molar-refractivity contribution in [3.63, 3.8) is 0 Å². The minimum absolute atomic E-state index is 0.0162. The minimum atomic E-state index is -4.25. The molecule has 0 spiro atoms. The summed E-state index contributed by atoms with van der Waals surface area (Å²) in [5, 5.41) is 0.0665. The van der Waals surface area contributed by atoms with Crippen molar-refractivity contribution in [3.8, 4) is 11.5 Å². The molecule has 12 heteroatoms. The number of hydrogen-bond donors (Lipinski definition) is 1. The van der Waals surface area contributed by atoms with Crippen LogP contribution in [0.2, 0.25) is 15.1 Å². The quantitative estimate of drug-likeness (QED) is 0.573. The zero-order valence-corrected chi connectivity index (χ0v) is 21.4. The van der Waals surface area contributed by atoms with Crippen molar-refractivity contribution in [1.29, 1.82) is 0 Å². The van der Waals surface area contributed by atoms with E-state index in [1.807, 2.05) is 13.8 Å². The number of ether oxygens (including phenoxy) is 3. The van der Waals surface area contributed by atoms with Crippen LogP contribution in [0, 0.1) is 0 Å². The topological polar surface area (TPSA) is 94.2 Å². The first kappa shape index (κ1) is 25.7. The lowest BCUT2D eigenvalue weighted by Gasteiger charge is -2.35. The molecule has 3 rings (SSSR count). The fraction of sp³-hybridized carbons (Fsp3) is 0.381. The van der Waals surface area contributed by atoms with Crippen LogP contribution in [0.1, 0.15) is 24.2 Å². The third-order valence-corrected chi connectivity index (χ3v) is 7.40. The maximum atomic E-state index is 13.2. The molecule has 1 aliphatic rings.